The molecule has 2 amide bonds. The molecule has 3 heterocycles. The number of Topliss-reactive ketones (excluding diaryl/α,β-unsaturated/α-hetero) is 1. The van der Waals surface area contributed by atoms with Crippen LogP contribution >= 0.6 is 11.6 Å². The molecule has 3 aromatic carbocycles. The number of fused-ring (bicyclic) bond motifs is 1. The Kier molecular flexibility index (Phi) is 11.6. The Hall–Kier alpha value is -6.12. The van der Waals surface area contributed by atoms with Crippen molar-refractivity contribution >= 4 is 41.2 Å². The molecule has 0 aliphatic carbocycles. The summed E-state index contributed by atoms with van der Waals surface area (Å²) < 4.78 is 21.4. The quantitative estimate of drug-likeness (QED) is 0.142. The van der Waals surface area contributed by atoms with Crippen LogP contribution in [-0.2, 0) is 27.2 Å². The molecule has 1 aliphatic heterocycles. The van der Waals surface area contributed by atoms with Gasteiger partial charge in [0.25, 0.3) is 5.91 Å². The molecule has 54 heavy (non-hydrogen) atoms. The summed E-state index contributed by atoms with van der Waals surface area (Å²) in [5, 5.41) is 13.8. The number of nitrogens with zero attached hydrogens (tertiary/aromatic N) is 7. The van der Waals surface area contributed by atoms with E-state index in [4.69, 9.17) is 16.3 Å². The number of benzene rings is 3. The summed E-state index contributed by atoms with van der Waals surface area (Å²) in [5.74, 6) is -2.36. The molecule has 1 aliphatic rings. The molecular formula is C39H36ClFN8O5. The second-order valence-corrected chi connectivity index (χ2v) is 13.2. The van der Waals surface area contributed by atoms with Crippen LogP contribution in [0.3, 0.4) is 0 Å². The Morgan fingerprint density at radius 2 is 1.81 bits per heavy atom. The molecule has 13 nitrogen and oxygen atoms in total. The second kappa shape index (κ2) is 16.7. The number of ether oxygens (including phenoxy) is 1. The molecule has 0 radical (unpaired) electrons. The number of rotatable bonds is 12. The molecule has 0 fully saturated rings. The predicted molar refractivity (Wildman–Crippen MR) is 198 cm³/mol. The number of hydrogen-bond acceptors (Lipinski definition) is 10. The first-order valence-electron chi connectivity index (χ1n) is 17.0. The van der Waals surface area contributed by atoms with Crippen LogP contribution in [0.4, 0.5) is 4.39 Å². The molecule has 1 atom stereocenters. The first-order valence-corrected chi connectivity index (χ1v) is 17.3. The fourth-order valence-electron chi connectivity index (χ4n) is 6.30. The molecule has 0 unspecified atom stereocenters. The number of likely N-dealkylation sites (N-methyl/N-ethyl adjacent to an activating group) is 1. The van der Waals surface area contributed by atoms with Crippen LogP contribution in [0.1, 0.15) is 49.1 Å². The molecule has 6 rings (SSSR count). The van der Waals surface area contributed by atoms with Gasteiger partial charge in [-0.05, 0) is 95.7 Å². The van der Waals surface area contributed by atoms with Gasteiger partial charge in [0.15, 0.2) is 11.6 Å². The minimum absolute atomic E-state index is 0.0181. The van der Waals surface area contributed by atoms with E-state index < -0.39 is 23.7 Å². The summed E-state index contributed by atoms with van der Waals surface area (Å²) in [6.07, 6.45) is 5.38. The van der Waals surface area contributed by atoms with Crippen LogP contribution in [0.5, 0.6) is 0 Å². The van der Waals surface area contributed by atoms with Gasteiger partial charge < -0.3 is 19.9 Å². The topological polar surface area (TPSA) is 153 Å². The standard InChI is InChI=1S/C39H36ClFN8O5/c1-47(2)20-18-42-38(52)25-9-7-24(8-10-25)28-5-4-6-30-29(28)17-19-48(37(30)34(50)21-27-12-11-26(22-43-27)39(53)54-3)35(51)16-13-31-33(49-23-44-45-46-49)15-14-32(40)36(31)41/h4-16,22-23,37H,17-21H2,1-3H3,(H,42,52)/b16-13+/t37-/m0/s1. The Bertz CT molecular complexity index is 2210. The number of esters is 1. The SMILES string of the molecule is COC(=O)c1ccc(CC(=O)[C@@H]2c3cccc(-c4ccc(C(=O)NCCN(C)C)cc4)c3CCN2C(=O)/C=C/c2c(-n3cnnn3)ccc(Cl)c2F)nc1. The van der Waals surface area contributed by atoms with Gasteiger partial charge >= 0.3 is 5.97 Å². The molecule has 0 bridgehead atoms. The number of ketones is 1. The van der Waals surface area contributed by atoms with Crippen LogP contribution in [0.25, 0.3) is 22.9 Å². The highest BCUT2D eigenvalue weighted by Crippen LogP contribution is 2.38. The van der Waals surface area contributed by atoms with E-state index in [-0.39, 0.29) is 46.5 Å². The predicted octanol–water partition coefficient (Wildman–Crippen LogP) is 4.55. The smallest absolute Gasteiger partial charge is 0.339 e. The van der Waals surface area contributed by atoms with Gasteiger partial charge in [-0.1, -0.05) is 41.9 Å². The van der Waals surface area contributed by atoms with E-state index in [1.54, 1.807) is 18.2 Å². The lowest BCUT2D eigenvalue weighted by Gasteiger charge is -2.37. The highest BCUT2D eigenvalue weighted by atomic mass is 35.5. The number of tetrazole rings is 1. The lowest BCUT2D eigenvalue weighted by atomic mass is 9.84. The third-order valence-electron chi connectivity index (χ3n) is 9.01. The maximum atomic E-state index is 15.3. The van der Waals surface area contributed by atoms with Crippen molar-refractivity contribution in [3.05, 3.63) is 130 Å². The fourth-order valence-corrected chi connectivity index (χ4v) is 6.46. The molecule has 2 aromatic heterocycles. The van der Waals surface area contributed by atoms with Gasteiger partial charge in [0.05, 0.1) is 29.8 Å². The summed E-state index contributed by atoms with van der Waals surface area (Å²) in [4.78, 5) is 60.8. The molecule has 276 valence electrons. The van der Waals surface area contributed by atoms with E-state index in [9.17, 15) is 19.2 Å². The number of carbonyl (C=O) groups excluding carboxylic acids is 4. The van der Waals surface area contributed by atoms with E-state index in [1.165, 1.54) is 59.6 Å². The molecule has 0 spiro atoms. The van der Waals surface area contributed by atoms with Gasteiger partial charge in [0.2, 0.25) is 5.91 Å². The maximum absolute atomic E-state index is 15.3. The Labute approximate surface area is 315 Å². The van der Waals surface area contributed by atoms with Crippen molar-refractivity contribution in [1.29, 1.82) is 0 Å². The number of halogens is 2. The minimum Gasteiger partial charge on any atom is -0.465 e. The first-order chi connectivity index (χ1) is 26.0. The molecular weight excluding hydrogens is 715 g/mol. The molecule has 0 saturated carbocycles. The highest BCUT2D eigenvalue weighted by molar-refractivity contribution is 6.31. The Morgan fingerprint density at radius 3 is 2.50 bits per heavy atom. The normalized spacial score (nSPS) is 13.9. The van der Waals surface area contributed by atoms with Crippen LogP contribution in [0, 0.1) is 5.82 Å². The van der Waals surface area contributed by atoms with E-state index in [0.717, 1.165) is 16.7 Å². The van der Waals surface area contributed by atoms with Crippen LogP contribution < -0.4 is 5.32 Å². The van der Waals surface area contributed by atoms with Gasteiger partial charge in [-0.3, -0.25) is 19.4 Å². The molecule has 5 aromatic rings. The number of pyridine rings is 1. The van der Waals surface area contributed by atoms with Crippen molar-refractivity contribution in [3.8, 4) is 16.8 Å². The largest absolute Gasteiger partial charge is 0.465 e. The second-order valence-electron chi connectivity index (χ2n) is 12.7. The molecule has 0 saturated heterocycles. The van der Waals surface area contributed by atoms with Crippen molar-refractivity contribution < 1.29 is 28.3 Å². The minimum atomic E-state index is -1.03. The lowest BCUT2D eigenvalue weighted by molar-refractivity contribution is -0.136. The molecule has 15 heteroatoms. The Balaban J connectivity index is 1.33. The molecule has 1 N–H and O–H groups in total. The zero-order chi connectivity index (χ0) is 38.4. The average Bonchev–Trinajstić information content (AvgIpc) is 3.72. The van der Waals surface area contributed by atoms with Crippen LogP contribution in [-0.4, -0.2) is 99.4 Å². The van der Waals surface area contributed by atoms with Gasteiger partial charge in [-0.15, -0.1) is 5.10 Å². The van der Waals surface area contributed by atoms with Crippen molar-refractivity contribution in [2.24, 2.45) is 0 Å². The van der Waals surface area contributed by atoms with E-state index in [1.807, 2.05) is 49.3 Å². The van der Waals surface area contributed by atoms with Gasteiger partial charge in [-0.25, -0.2) is 9.18 Å². The van der Waals surface area contributed by atoms with Crippen LogP contribution in [0.2, 0.25) is 5.02 Å². The average molecular weight is 751 g/mol. The maximum Gasteiger partial charge on any atom is 0.339 e. The summed E-state index contributed by atoms with van der Waals surface area (Å²) in [6, 6.07) is 17.8. The summed E-state index contributed by atoms with van der Waals surface area (Å²) in [5.41, 5.74) is 4.59. The summed E-state index contributed by atoms with van der Waals surface area (Å²) in [6.45, 7) is 1.39. The van der Waals surface area contributed by atoms with Gasteiger partial charge in [-0.2, -0.15) is 4.68 Å². The number of hydrogen-bond donors (Lipinski definition) is 1. The van der Waals surface area contributed by atoms with E-state index in [0.29, 0.717) is 36.3 Å². The van der Waals surface area contributed by atoms with Crippen molar-refractivity contribution in [2.45, 2.75) is 18.9 Å². The third-order valence-corrected chi connectivity index (χ3v) is 9.30. The zero-order valence-electron chi connectivity index (χ0n) is 29.7. The van der Waals surface area contributed by atoms with E-state index in [2.05, 4.69) is 25.8 Å². The van der Waals surface area contributed by atoms with Crippen molar-refractivity contribution in [2.75, 3.05) is 40.8 Å². The zero-order valence-corrected chi connectivity index (χ0v) is 30.5. The van der Waals surface area contributed by atoms with E-state index >= 15 is 4.39 Å². The highest BCUT2D eigenvalue weighted by Gasteiger charge is 2.36. The first kappa shape index (κ1) is 37.6. The summed E-state index contributed by atoms with van der Waals surface area (Å²) in [7, 11) is 5.13. The Morgan fingerprint density at radius 1 is 1.04 bits per heavy atom. The monoisotopic (exact) mass is 750 g/mol. The lowest BCUT2D eigenvalue weighted by Crippen LogP contribution is -2.43. The fraction of sp³-hybridized carbons (Fsp3) is 0.231. The van der Waals surface area contributed by atoms with Crippen LogP contribution in [0.15, 0.2) is 85.3 Å². The number of methoxy groups -OCH3 is 1. The summed E-state index contributed by atoms with van der Waals surface area (Å²) >= 11 is 6.10. The number of nitrogens with one attached hydrogen (secondary N) is 1. The number of amides is 2. The van der Waals surface area contributed by atoms with Crippen molar-refractivity contribution in [1.82, 2.24) is 40.3 Å². The van der Waals surface area contributed by atoms with Gasteiger partial charge in [0, 0.05) is 48.7 Å². The van der Waals surface area contributed by atoms with Gasteiger partial charge in [0.1, 0.15) is 12.4 Å². The third kappa shape index (κ3) is 8.24. The number of carbonyl (C=O) groups is 4. The number of aromatic nitrogens is 5. The van der Waals surface area contributed by atoms with Crippen molar-refractivity contribution in [3.63, 3.8) is 0 Å².